The van der Waals surface area contributed by atoms with E-state index in [-0.39, 0.29) is 17.5 Å². The Balaban J connectivity index is 0.000000211. The van der Waals surface area contributed by atoms with Crippen LogP contribution in [0.2, 0.25) is 0 Å². The second-order valence-corrected chi connectivity index (χ2v) is 23.7. The Kier molecular flexibility index (Phi) is 22.4. The van der Waals surface area contributed by atoms with Crippen molar-refractivity contribution < 1.29 is 66.2 Å². The molecule has 3 heterocycles. The number of benzene rings is 9. The van der Waals surface area contributed by atoms with Gasteiger partial charge in [-0.1, -0.05) is 121 Å². The summed E-state index contributed by atoms with van der Waals surface area (Å²) in [5.41, 5.74) is 10.6. The van der Waals surface area contributed by atoms with Crippen LogP contribution in [0.25, 0.3) is 33.6 Å². The maximum atomic E-state index is 13.8. The first kappa shape index (κ1) is 71.4. The molecule has 0 spiro atoms. The maximum Gasteiger partial charge on any atom is 0.279 e. The molecule has 0 bridgehead atoms. The third-order valence-electron chi connectivity index (χ3n) is 18.4. The van der Waals surface area contributed by atoms with E-state index in [1.807, 2.05) is 175 Å². The van der Waals surface area contributed by atoms with Gasteiger partial charge in [0.15, 0.2) is 11.9 Å². The van der Waals surface area contributed by atoms with Crippen LogP contribution in [0.1, 0.15) is 72.8 Å². The zero-order valence-electron chi connectivity index (χ0n) is 59.2. The van der Waals surface area contributed by atoms with E-state index >= 15 is 0 Å². The molecule has 0 radical (unpaired) electrons. The highest BCUT2D eigenvalue weighted by Gasteiger charge is 2.42. The molecule has 0 aliphatic carbocycles. The van der Waals surface area contributed by atoms with Crippen molar-refractivity contribution in [2.75, 3.05) is 85.3 Å². The Labute approximate surface area is 593 Å². The molecule has 2 unspecified atom stereocenters. The van der Waals surface area contributed by atoms with Gasteiger partial charge in [0.1, 0.15) is 68.9 Å². The molecular formula is C83H81N5O14. The van der Waals surface area contributed by atoms with Crippen molar-refractivity contribution in [2.45, 2.75) is 30.2 Å². The van der Waals surface area contributed by atoms with Crippen LogP contribution >= 0.6 is 0 Å². The first-order chi connectivity index (χ1) is 49.7. The fourth-order valence-corrected chi connectivity index (χ4v) is 12.8. The lowest BCUT2D eigenvalue weighted by atomic mass is 9.77. The summed E-state index contributed by atoms with van der Waals surface area (Å²) in [6.45, 7) is 1.92. The summed E-state index contributed by atoms with van der Waals surface area (Å²) in [6, 6.07) is 70.6. The van der Waals surface area contributed by atoms with Crippen molar-refractivity contribution in [1.29, 1.82) is 0 Å². The Morgan fingerprint density at radius 2 is 0.696 bits per heavy atom. The number of carbonyl (C=O) groups is 2. The molecule has 102 heavy (non-hydrogen) atoms. The van der Waals surface area contributed by atoms with E-state index < -0.39 is 23.3 Å². The molecule has 2 atom stereocenters. The first-order valence-electron chi connectivity index (χ1n) is 32.6. The van der Waals surface area contributed by atoms with E-state index in [0.717, 1.165) is 106 Å². The molecule has 0 aliphatic rings. The number of aromatic nitrogens is 4. The van der Waals surface area contributed by atoms with Gasteiger partial charge in [0.05, 0.1) is 76.4 Å². The number of ether oxygens (including phenoxy) is 10. The fourth-order valence-electron chi connectivity index (χ4n) is 12.8. The summed E-state index contributed by atoms with van der Waals surface area (Å²) >= 11 is 0. The van der Waals surface area contributed by atoms with Gasteiger partial charge in [-0.05, 0) is 160 Å². The third kappa shape index (κ3) is 14.2. The van der Waals surface area contributed by atoms with Crippen molar-refractivity contribution in [3.63, 3.8) is 0 Å². The quantitative estimate of drug-likeness (QED) is 0.0268. The van der Waals surface area contributed by atoms with Gasteiger partial charge in [-0.2, -0.15) is 10.2 Å². The van der Waals surface area contributed by atoms with Crippen LogP contribution < -0.4 is 37.9 Å². The van der Waals surface area contributed by atoms with E-state index in [0.29, 0.717) is 28.4 Å². The second-order valence-electron chi connectivity index (χ2n) is 23.7. The van der Waals surface area contributed by atoms with Crippen LogP contribution in [0.5, 0.6) is 46.0 Å². The number of hydrogen-bond acceptors (Lipinski definition) is 16. The standard InChI is InChI=1S/C47H44N2O8.C36H37N3O6/c1-30-43(54-5)26-33(27-44(30)55-6)41-24-25-42(57-41)45(50)46(56-7)32-10-8-31(9-11-32)34-28-48-49(29-34)47(35-12-18-38(51-2)19-13-35,36-14-20-39(52-3)21-15-36)37-16-22-40(53-4)23-17-37;1-38(45-6)35(40)34(44-5)26-9-7-25(8-10-26)27-23-37-39(24-27)36(28-11-17-31(41-2)18-12-28,29-13-19-32(42-3)20-14-29)30-15-21-33(43-4)22-16-30/h8-29,46H,1-7H3;7-24,34H,1-6H3. The number of Topliss-reactive ketones (excluding diaryl/α,β-unsaturated/α-hetero) is 1. The number of nitrogens with zero attached hydrogens (tertiary/aromatic N) is 5. The number of rotatable bonds is 27. The summed E-state index contributed by atoms with van der Waals surface area (Å²) in [5.74, 6) is 5.86. The van der Waals surface area contributed by atoms with Crippen LogP contribution in [-0.2, 0) is 30.2 Å². The highest BCUT2D eigenvalue weighted by atomic mass is 16.7. The van der Waals surface area contributed by atoms with Crippen LogP contribution in [0.3, 0.4) is 0 Å². The summed E-state index contributed by atoms with van der Waals surface area (Å²) in [4.78, 5) is 31.6. The first-order valence-corrected chi connectivity index (χ1v) is 32.6. The number of carbonyl (C=O) groups excluding carboxylic acids is 2. The minimum Gasteiger partial charge on any atom is -0.497 e. The second kappa shape index (κ2) is 32.0. The Morgan fingerprint density at radius 1 is 0.382 bits per heavy atom. The maximum absolute atomic E-state index is 13.8. The lowest BCUT2D eigenvalue weighted by Crippen LogP contribution is -2.38. The summed E-state index contributed by atoms with van der Waals surface area (Å²) < 4.78 is 65.5. The molecule has 19 nitrogen and oxygen atoms in total. The highest BCUT2D eigenvalue weighted by molar-refractivity contribution is 5.98. The number of hydrogen-bond donors (Lipinski definition) is 0. The van der Waals surface area contributed by atoms with Gasteiger partial charge in [0, 0.05) is 55.9 Å². The van der Waals surface area contributed by atoms with Gasteiger partial charge < -0.3 is 51.8 Å². The normalized spacial score (nSPS) is 11.9. The van der Waals surface area contributed by atoms with Crippen LogP contribution in [0.4, 0.5) is 0 Å². The molecule has 19 heteroatoms. The van der Waals surface area contributed by atoms with Gasteiger partial charge in [-0.15, -0.1) is 0 Å². The predicted octanol–water partition coefficient (Wildman–Crippen LogP) is 15.7. The average Bonchev–Trinajstić information content (AvgIpc) is 1.33. The average molecular weight is 1370 g/mol. The minimum atomic E-state index is -0.909. The molecule has 0 N–H and O–H groups in total. The van der Waals surface area contributed by atoms with Crippen molar-refractivity contribution in [1.82, 2.24) is 24.6 Å². The zero-order valence-corrected chi connectivity index (χ0v) is 59.2. The molecule has 0 aliphatic heterocycles. The third-order valence-corrected chi connectivity index (χ3v) is 18.4. The largest absolute Gasteiger partial charge is 0.497 e. The Bertz CT molecular complexity index is 4490. The van der Waals surface area contributed by atoms with Gasteiger partial charge in [-0.3, -0.25) is 23.8 Å². The SMILES string of the molecule is COc1ccc(C(c2ccc(OC)cc2)(c2ccc(OC)cc2)n2cc(-c3ccc(C(OC)C(=O)N(C)OC)cc3)cn2)cc1.COc1ccc(C(c2ccc(OC)cc2)(c2ccc(OC)cc2)n2cc(-c3ccc(C(OC)C(=O)c4ccc(-c5cc(OC)c(C)c(OC)c5)o4)cc3)cn2)cc1. The molecule has 9 aromatic carbocycles. The molecule has 522 valence electrons. The van der Waals surface area contributed by atoms with E-state index in [9.17, 15) is 9.59 Å². The van der Waals surface area contributed by atoms with Crippen molar-refractivity contribution >= 4 is 11.7 Å². The smallest absolute Gasteiger partial charge is 0.279 e. The molecular weight excluding hydrogens is 1290 g/mol. The van der Waals surface area contributed by atoms with Gasteiger partial charge in [0.2, 0.25) is 5.78 Å². The lowest BCUT2D eigenvalue weighted by Gasteiger charge is -2.36. The lowest BCUT2D eigenvalue weighted by molar-refractivity contribution is -0.179. The highest BCUT2D eigenvalue weighted by Crippen LogP contribution is 2.46. The summed E-state index contributed by atoms with van der Waals surface area (Å²) in [7, 11) is 19.1. The monoisotopic (exact) mass is 1370 g/mol. The number of likely N-dealkylation sites (N-methyl/N-ethyl adjacent to an activating group) is 1. The Hall–Kier alpha value is -11.9. The minimum absolute atomic E-state index is 0.174. The van der Waals surface area contributed by atoms with Gasteiger partial charge in [0.25, 0.3) is 5.91 Å². The predicted molar refractivity (Wildman–Crippen MR) is 389 cm³/mol. The van der Waals surface area contributed by atoms with Gasteiger partial charge in [-0.25, -0.2) is 5.06 Å². The Morgan fingerprint density at radius 3 is 0.980 bits per heavy atom. The number of furan rings is 1. The number of ketones is 1. The van der Waals surface area contributed by atoms with Crippen molar-refractivity contribution in [3.8, 4) is 79.6 Å². The van der Waals surface area contributed by atoms with E-state index in [4.69, 9.17) is 66.8 Å². The van der Waals surface area contributed by atoms with E-state index in [1.165, 1.54) is 21.3 Å². The fraction of sp³-hybridized carbons (Fsp3) is 0.205. The summed E-state index contributed by atoms with van der Waals surface area (Å²) in [6.07, 6.45) is 6.07. The molecule has 12 aromatic rings. The molecule has 1 amide bonds. The number of hydroxylamine groups is 2. The summed E-state index contributed by atoms with van der Waals surface area (Å²) in [5, 5.41) is 11.2. The van der Waals surface area contributed by atoms with Crippen molar-refractivity contribution in [3.05, 3.63) is 299 Å². The molecule has 12 rings (SSSR count). The number of amides is 1. The molecule has 0 saturated carbocycles. The van der Waals surface area contributed by atoms with E-state index in [2.05, 4.69) is 72.8 Å². The molecule has 3 aromatic heterocycles. The zero-order chi connectivity index (χ0) is 72.1. The van der Waals surface area contributed by atoms with Crippen molar-refractivity contribution in [2.24, 2.45) is 0 Å². The van der Waals surface area contributed by atoms with E-state index in [1.54, 1.807) is 76.1 Å². The van der Waals surface area contributed by atoms with Crippen LogP contribution in [-0.4, -0.2) is 122 Å². The van der Waals surface area contributed by atoms with Gasteiger partial charge >= 0.3 is 0 Å². The van der Waals surface area contributed by atoms with Crippen LogP contribution in [0.15, 0.2) is 248 Å². The topological polar surface area (TPSA) is 188 Å². The molecule has 0 saturated heterocycles. The molecule has 0 fully saturated rings. The van der Waals surface area contributed by atoms with Crippen LogP contribution in [0, 0.1) is 6.92 Å². The number of methoxy groups -OCH3 is 10.